The Morgan fingerprint density at radius 2 is 1.93 bits per heavy atom. The molecule has 1 fully saturated rings. The Hall–Kier alpha value is -2.68. The minimum Gasteiger partial charge on any atom is -0.488 e. The highest BCUT2D eigenvalue weighted by Gasteiger charge is 2.31. The van der Waals surface area contributed by atoms with Crippen molar-refractivity contribution in [2.24, 2.45) is 4.99 Å². The van der Waals surface area contributed by atoms with E-state index in [4.69, 9.17) is 16.3 Å². The summed E-state index contributed by atoms with van der Waals surface area (Å²) in [6.07, 6.45) is 1.83. The quantitative estimate of drug-likeness (QED) is 0.486. The standard InChI is InChI=1S/C21H17ClN4O2S2/c1-13-24-25-20(29-13)23-21-26(2)19(27)18(30-21)11-15-5-3-4-6-17(15)28-12-14-7-9-16(22)10-8-14/h3-11H,12H2,1-2H3/b18-11-,23-21+. The Kier molecular flexibility index (Phi) is 6.17. The third-order valence-electron chi connectivity index (χ3n) is 4.22. The van der Waals surface area contributed by atoms with Crippen molar-refractivity contribution in [3.05, 3.63) is 74.6 Å². The molecular formula is C21H17ClN4O2S2. The molecule has 0 radical (unpaired) electrons. The molecule has 0 bridgehead atoms. The highest BCUT2D eigenvalue weighted by Crippen LogP contribution is 2.35. The minimum atomic E-state index is -0.118. The van der Waals surface area contributed by atoms with Gasteiger partial charge in [0, 0.05) is 17.6 Å². The zero-order valence-corrected chi connectivity index (χ0v) is 18.6. The second kappa shape index (κ2) is 8.99. The first kappa shape index (κ1) is 20.6. The number of carbonyl (C=O) groups excluding carboxylic acids is 1. The Bertz CT molecular complexity index is 1140. The van der Waals surface area contributed by atoms with E-state index in [9.17, 15) is 4.79 Å². The van der Waals surface area contributed by atoms with Crippen LogP contribution in [0.2, 0.25) is 5.02 Å². The third kappa shape index (κ3) is 4.72. The van der Waals surface area contributed by atoms with Crippen LogP contribution in [0.15, 0.2) is 58.4 Å². The van der Waals surface area contributed by atoms with E-state index in [2.05, 4.69) is 15.2 Å². The first-order valence-electron chi connectivity index (χ1n) is 9.02. The number of aliphatic imine (C=N–C) groups is 1. The number of thioether (sulfide) groups is 1. The first-order valence-corrected chi connectivity index (χ1v) is 11.0. The zero-order valence-electron chi connectivity index (χ0n) is 16.2. The van der Waals surface area contributed by atoms with Crippen molar-refractivity contribution in [1.82, 2.24) is 15.1 Å². The molecule has 0 N–H and O–H groups in total. The summed E-state index contributed by atoms with van der Waals surface area (Å²) < 4.78 is 5.99. The average molecular weight is 457 g/mol. The second-order valence-corrected chi connectivity index (χ2v) is 9.03. The molecule has 6 nitrogen and oxygen atoms in total. The summed E-state index contributed by atoms with van der Waals surface area (Å²) in [6, 6.07) is 15.1. The maximum Gasteiger partial charge on any atom is 0.266 e. The molecular weight excluding hydrogens is 440 g/mol. The third-order valence-corrected chi connectivity index (χ3v) is 6.27. The predicted molar refractivity (Wildman–Crippen MR) is 122 cm³/mol. The van der Waals surface area contributed by atoms with Gasteiger partial charge in [0.2, 0.25) is 5.13 Å². The number of hydrogen-bond acceptors (Lipinski definition) is 7. The van der Waals surface area contributed by atoms with Crippen molar-refractivity contribution in [2.45, 2.75) is 13.5 Å². The molecule has 0 aliphatic carbocycles. The van der Waals surface area contributed by atoms with Crippen molar-refractivity contribution in [2.75, 3.05) is 7.05 Å². The Morgan fingerprint density at radius 3 is 2.67 bits per heavy atom. The van der Waals surface area contributed by atoms with Gasteiger partial charge in [0.05, 0.1) is 4.91 Å². The van der Waals surface area contributed by atoms with Crippen LogP contribution in [0.25, 0.3) is 6.08 Å². The summed E-state index contributed by atoms with van der Waals surface area (Å²) in [5.74, 6) is 0.577. The molecule has 9 heteroatoms. The SMILES string of the molecule is Cc1nnc(/N=C2/S/C(=C\c3ccccc3OCc3ccc(Cl)cc3)C(=O)N2C)s1. The maximum atomic E-state index is 12.7. The van der Waals surface area contributed by atoms with Crippen LogP contribution in [0.3, 0.4) is 0 Å². The fraction of sp³-hybridized carbons (Fsp3) is 0.143. The number of benzene rings is 2. The van der Waals surface area contributed by atoms with Crippen LogP contribution in [0, 0.1) is 6.92 Å². The average Bonchev–Trinajstić information content (AvgIpc) is 3.27. The molecule has 30 heavy (non-hydrogen) atoms. The number of aromatic nitrogens is 2. The number of nitrogens with zero attached hydrogens (tertiary/aromatic N) is 4. The summed E-state index contributed by atoms with van der Waals surface area (Å²) >= 11 is 8.62. The lowest BCUT2D eigenvalue weighted by Gasteiger charge is -2.10. The van der Waals surface area contributed by atoms with Crippen LogP contribution >= 0.6 is 34.7 Å². The Balaban J connectivity index is 1.55. The van der Waals surface area contributed by atoms with E-state index in [0.29, 0.717) is 32.6 Å². The van der Waals surface area contributed by atoms with Crippen molar-refractivity contribution in [3.8, 4) is 5.75 Å². The molecule has 2 heterocycles. The molecule has 0 saturated carbocycles. The highest BCUT2D eigenvalue weighted by atomic mass is 35.5. The minimum absolute atomic E-state index is 0.118. The smallest absolute Gasteiger partial charge is 0.266 e. The molecule has 1 aliphatic heterocycles. The molecule has 1 aromatic heterocycles. The van der Waals surface area contributed by atoms with Crippen LogP contribution in [0.4, 0.5) is 5.13 Å². The molecule has 152 valence electrons. The Morgan fingerprint density at radius 1 is 1.17 bits per heavy atom. The van der Waals surface area contributed by atoms with Gasteiger partial charge < -0.3 is 4.74 Å². The predicted octanol–water partition coefficient (Wildman–Crippen LogP) is 5.31. The van der Waals surface area contributed by atoms with Crippen molar-refractivity contribution in [3.63, 3.8) is 0 Å². The summed E-state index contributed by atoms with van der Waals surface area (Å²) in [4.78, 5) is 19.3. The van der Waals surface area contributed by atoms with Gasteiger partial charge in [-0.05, 0) is 48.5 Å². The fourth-order valence-electron chi connectivity index (χ4n) is 2.68. The van der Waals surface area contributed by atoms with Crippen LogP contribution in [-0.2, 0) is 11.4 Å². The van der Waals surface area contributed by atoms with E-state index in [-0.39, 0.29) is 5.91 Å². The van der Waals surface area contributed by atoms with Crippen molar-refractivity contribution < 1.29 is 9.53 Å². The monoisotopic (exact) mass is 456 g/mol. The van der Waals surface area contributed by atoms with E-state index in [1.807, 2.05) is 61.5 Å². The van der Waals surface area contributed by atoms with Gasteiger partial charge in [-0.1, -0.05) is 53.3 Å². The van der Waals surface area contributed by atoms with Crippen molar-refractivity contribution in [1.29, 1.82) is 0 Å². The molecule has 4 rings (SSSR count). The lowest BCUT2D eigenvalue weighted by molar-refractivity contribution is -0.121. The number of rotatable bonds is 5. The number of para-hydroxylation sites is 1. The van der Waals surface area contributed by atoms with Crippen LogP contribution in [-0.4, -0.2) is 33.2 Å². The summed E-state index contributed by atoms with van der Waals surface area (Å²) in [5, 5.41) is 10.6. The highest BCUT2D eigenvalue weighted by molar-refractivity contribution is 8.18. The van der Waals surface area contributed by atoms with Gasteiger partial charge in [0.1, 0.15) is 17.4 Å². The summed E-state index contributed by atoms with van der Waals surface area (Å²) in [7, 11) is 1.70. The van der Waals surface area contributed by atoms with E-state index >= 15 is 0 Å². The lowest BCUT2D eigenvalue weighted by Crippen LogP contribution is -2.23. The number of likely N-dealkylation sites (N-methyl/N-ethyl adjacent to an activating group) is 1. The van der Waals surface area contributed by atoms with Crippen LogP contribution in [0.1, 0.15) is 16.1 Å². The van der Waals surface area contributed by atoms with Gasteiger partial charge in [0.15, 0.2) is 5.17 Å². The van der Waals surface area contributed by atoms with Crippen molar-refractivity contribution >= 4 is 57.0 Å². The Labute approximate surface area is 187 Å². The number of hydrogen-bond donors (Lipinski definition) is 0. The van der Waals surface area contributed by atoms with Gasteiger partial charge in [-0.15, -0.1) is 10.2 Å². The number of amides is 1. The van der Waals surface area contributed by atoms with E-state index in [1.54, 1.807) is 7.05 Å². The molecule has 3 aromatic rings. The number of aryl methyl sites for hydroxylation is 1. The largest absolute Gasteiger partial charge is 0.488 e. The lowest BCUT2D eigenvalue weighted by atomic mass is 10.2. The number of amidine groups is 1. The van der Waals surface area contributed by atoms with Gasteiger partial charge in [-0.25, -0.2) is 0 Å². The van der Waals surface area contributed by atoms with E-state index in [0.717, 1.165) is 16.1 Å². The molecule has 1 amide bonds. The van der Waals surface area contributed by atoms with Gasteiger partial charge in [-0.3, -0.25) is 9.69 Å². The normalized spacial score (nSPS) is 16.6. The molecule has 0 unspecified atom stereocenters. The summed E-state index contributed by atoms with van der Waals surface area (Å²) in [5.41, 5.74) is 1.83. The molecule has 1 aliphatic rings. The maximum absolute atomic E-state index is 12.7. The summed E-state index contributed by atoms with van der Waals surface area (Å²) in [6.45, 7) is 2.27. The fourth-order valence-corrected chi connectivity index (χ4v) is 4.38. The molecule has 1 saturated heterocycles. The number of ether oxygens (including phenoxy) is 1. The topological polar surface area (TPSA) is 67.7 Å². The number of halogens is 1. The van der Waals surface area contributed by atoms with Crippen LogP contribution < -0.4 is 4.74 Å². The molecule has 2 aromatic carbocycles. The first-order chi connectivity index (χ1) is 14.5. The van der Waals surface area contributed by atoms with E-state index in [1.165, 1.54) is 28.0 Å². The van der Waals surface area contributed by atoms with E-state index < -0.39 is 0 Å². The molecule has 0 atom stereocenters. The number of carbonyl (C=O) groups is 1. The second-order valence-electron chi connectivity index (χ2n) is 6.43. The van der Waals surface area contributed by atoms with Gasteiger partial charge in [-0.2, -0.15) is 4.99 Å². The molecule has 0 spiro atoms. The van der Waals surface area contributed by atoms with Gasteiger partial charge >= 0.3 is 0 Å². The van der Waals surface area contributed by atoms with Gasteiger partial charge in [0.25, 0.3) is 5.91 Å². The zero-order chi connectivity index (χ0) is 21.1. The van der Waals surface area contributed by atoms with Crippen LogP contribution in [0.5, 0.6) is 5.75 Å².